The van der Waals surface area contributed by atoms with Gasteiger partial charge in [0.15, 0.2) is 3.95 Å². The first kappa shape index (κ1) is 9.85. The van der Waals surface area contributed by atoms with E-state index in [1.165, 1.54) is 10.6 Å². The maximum atomic E-state index is 4.88. The zero-order valence-corrected chi connectivity index (χ0v) is 8.45. The van der Waals surface area contributed by atoms with Crippen molar-refractivity contribution in [2.45, 2.75) is 27.7 Å². The molecule has 0 saturated carbocycles. The van der Waals surface area contributed by atoms with Crippen LogP contribution in [0.15, 0.2) is 0 Å². The molecule has 58 valence electrons. The van der Waals surface area contributed by atoms with Gasteiger partial charge in [0.05, 0.1) is 0 Å². The van der Waals surface area contributed by atoms with Crippen LogP contribution >= 0.6 is 23.6 Å². The Morgan fingerprint density at radius 3 is 1.90 bits per heavy atom. The van der Waals surface area contributed by atoms with E-state index in [0.29, 0.717) is 0 Å². The molecule has 0 unspecified atom stereocenters. The third-order valence-electron chi connectivity index (χ3n) is 1.06. The molecule has 0 fully saturated rings. The highest BCUT2D eigenvalue weighted by molar-refractivity contribution is 7.73. The number of H-pyrrole nitrogens is 1. The van der Waals surface area contributed by atoms with Gasteiger partial charge in [0.2, 0.25) is 0 Å². The van der Waals surface area contributed by atoms with Crippen LogP contribution in [0.3, 0.4) is 0 Å². The molecule has 0 atom stereocenters. The van der Waals surface area contributed by atoms with Gasteiger partial charge in [-0.2, -0.15) is 0 Å². The summed E-state index contributed by atoms with van der Waals surface area (Å²) in [5.41, 5.74) is 1.19. The summed E-state index contributed by atoms with van der Waals surface area (Å²) >= 11 is 6.51. The Kier molecular flexibility index (Phi) is 4.56. The predicted octanol–water partition coefficient (Wildman–Crippen LogP) is 3.45. The van der Waals surface area contributed by atoms with Crippen molar-refractivity contribution in [2.24, 2.45) is 0 Å². The second-order valence-corrected chi connectivity index (χ2v) is 3.59. The molecule has 0 aliphatic rings. The summed E-state index contributed by atoms with van der Waals surface area (Å²) in [6.07, 6.45) is 0. The lowest BCUT2D eigenvalue weighted by atomic mass is 10.4. The zero-order valence-electron chi connectivity index (χ0n) is 6.82. The van der Waals surface area contributed by atoms with Gasteiger partial charge in [0.1, 0.15) is 0 Å². The quantitative estimate of drug-likeness (QED) is 0.597. The number of hydrogen-bond acceptors (Lipinski definition) is 2. The summed E-state index contributed by atoms with van der Waals surface area (Å²) in [6.45, 7) is 8.09. The van der Waals surface area contributed by atoms with Crippen molar-refractivity contribution in [1.29, 1.82) is 0 Å². The topological polar surface area (TPSA) is 15.8 Å². The molecule has 1 nitrogen and oxygen atoms in total. The molecule has 3 heteroatoms. The number of aryl methyl sites for hydroxylation is 2. The summed E-state index contributed by atoms with van der Waals surface area (Å²) in [5.74, 6) is 0. The molecule has 1 heterocycles. The van der Waals surface area contributed by atoms with Gasteiger partial charge in [-0.3, -0.25) is 0 Å². The van der Waals surface area contributed by atoms with E-state index in [1.54, 1.807) is 11.3 Å². The van der Waals surface area contributed by atoms with E-state index in [2.05, 4.69) is 11.9 Å². The van der Waals surface area contributed by atoms with E-state index in [9.17, 15) is 0 Å². The van der Waals surface area contributed by atoms with E-state index in [1.807, 2.05) is 20.8 Å². The maximum absolute atomic E-state index is 4.88. The summed E-state index contributed by atoms with van der Waals surface area (Å²) in [7, 11) is 0. The van der Waals surface area contributed by atoms with Crippen LogP contribution in [0, 0.1) is 17.8 Å². The highest BCUT2D eigenvalue weighted by Crippen LogP contribution is 2.11. The van der Waals surface area contributed by atoms with Gasteiger partial charge in [-0.15, -0.1) is 11.3 Å². The fourth-order valence-corrected chi connectivity index (χ4v) is 1.70. The molecule has 0 saturated heterocycles. The molecular weight excluding hydrogens is 162 g/mol. The van der Waals surface area contributed by atoms with Crippen molar-refractivity contribution in [3.8, 4) is 0 Å². The van der Waals surface area contributed by atoms with Crippen molar-refractivity contribution in [2.75, 3.05) is 0 Å². The van der Waals surface area contributed by atoms with Gasteiger partial charge in [0, 0.05) is 10.6 Å². The molecule has 0 spiro atoms. The van der Waals surface area contributed by atoms with Gasteiger partial charge in [-0.1, -0.05) is 13.8 Å². The highest BCUT2D eigenvalue weighted by atomic mass is 32.1. The molecule has 0 radical (unpaired) electrons. The van der Waals surface area contributed by atoms with E-state index in [4.69, 9.17) is 12.2 Å². The smallest absolute Gasteiger partial charge is 0.158 e. The number of aromatic nitrogens is 1. The Hall–Kier alpha value is -0.150. The number of aromatic amines is 1. The molecule has 10 heavy (non-hydrogen) atoms. The molecule has 0 aliphatic heterocycles. The van der Waals surface area contributed by atoms with Gasteiger partial charge < -0.3 is 4.98 Å². The molecule has 0 aromatic carbocycles. The van der Waals surface area contributed by atoms with Gasteiger partial charge in [-0.05, 0) is 26.1 Å². The summed E-state index contributed by atoms with van der Waals surface area (Å²) in [5, 5.41) is 0. The van der Waals surface area contributed by atoms with Crippen LogP contribution in [0.4, 0.5) is 0 Å². The first-order chi connectivity index (χ1) is 4.70. The SMILES string of the molecule is CC.Cc1[nH]c(=S)sc1C. The fraction of sp³-hybridized carbons (Fsp3) is 0.571. The van der Waals surface area contributed by atoms with E-state index in [0.717, 1.165) is 3.95 Å². The second kappa shape index (κ2) is 4.63. The average Bonchev–Trinajstić information content (AvgIpc) is 2.16. The molecule has 0 aliphatic carbocycles. The van der Waals surface area contributed by atoms with Gasteiger partial charge in [0.25, 0.3) is 0 Å². The zero-order chi connectivity index (χ0) is 8.15. The number of nitrogens with one attached hydrogen (secondary N) is 1. The van der Waals surface area contributed by atoms with Crippen LogP contribution in [0.5, 0.6) is 0 Å². The summed E-state index contributed by atoms with van der Waals surface area (Å²) < 4.78 is 0.875. The molecule has 1 aromatic rings. The van der Waals surface area contributed by atoms with E-state index < -0.39 is 0 Å². The number of rotatable bonds is 0. The fourth-order valence-electron chi connectivity index (χ4n) is 0.482. The molecular formula is C7H13NS2. The maximum Gasteiger partial charge on any atom is 0.158 e. The predicted molar refractivity (Wildman–Crippen MR) is 50.3 cm³/mol. The first-order valence-corrected chi connectivity index (χ1v) is 4.59. The van der Waals surface area contributed by atoms with E-state index >= 15 is 0 Å². The monoisotopic (exact) mass is 175 g/mol. The molecule has 1 aromatic heterocycles. The lowest BCUT2D eigenvalue weighted by molar-refractivity contribution is 1.22. The van der Waals surface area contributed by atoms with Crippen molar-refractivity contribution in [3.63, 3.8) is 0 Å². The Bertz CT molecular complexity index is 211. The van der Waals surface area contributed by atoms with Crippen LogP contribution in [0.25, 0.3) is 0 Å². The summed E-state index contributed by atoms with van der Waals surface area (Å²) in [4.78, 5) is 4.33. The minimum Gasteiger partial charge on any atom is -0.341 e. The van der Waals surface area contributed by atoms with Crippen LogP contribution in [0.2, 0.25) is 0 Å². The van der Waals surface area contributed by atoms with Crippen LogP contribution < -0.4 is 0 Å². The van der Waals surface area contributed by atoms with Crippen LogP contribution in [-0.4, -0.2) is 4.98 Å². The largest absolute Gasteiger partial charge is 0.341 e. The third kappa shape index (κ3) is 2.62. The number of thiazole rings is 1. The second-order valence-electron chi connectivity index (χ2n) is 1.70. The Morgan fingerprint density at radius 1 is 1.30 bits per heavy atom. The normalized spacial score (nSPS) is 8.40. The Balaban J connectivity index is 0.000000371. The van der Waals surface area contributed by atoms with Crippen LogP contribution in [0.1, 0.15) is 24.4 Å². The van der Waals surface area contributed by atoms with Crippen LogP contribution in [-0.2, 0) is 0 Å². The van der Waals surface area contributed by atoms with Gasteiger partial charge in [-0.25, -0.2) is 0 Å². The van der Waals surface area contributed by atoms with Crippen molar-refractivity contribution < 1.29 is 0 Å². The minimum absolute atomic E-state index is 0.875. The molecule has 0 amide bonds. The van der Waals surface area contributed by atoms with Crippen molar-refractivity contribution >= 4 is 23.6 Å². The lowest BCUT2D eigenvalue weighted by Gasteiger charge is -1.79. The minimum atomic E-state index is 0.875. The highest BCUT2D eigenvalue weighted by Gasteiger charge is 1.91. The first-order valence-electron chi connectivity index (χ1n) is 3.36. The van der Waals surface area contributed by atoms with Crippen molar-refractivity contribution in [3.05, 3.63) is 14.5 Å². The Morgan fingerprint density at radius 2 is 1.80 bits per heavy atom. The van der Waals surface area contributed by atoms with Gasteiger partial charge >= 0.3 is 0 Å². The number of hydrogen-bond donors (Lipinski definition) is 1. The standard InChI is InChI=1S/C5H7NS2.C2H6/c1-3-4(2)8-5(7)6-3;1-2/h1-2H3,(H,6,7);1-2H3. The molecule has 0 bridgehead atoms. The third-order valence-corrected chi connectivity index (χ3v) is 2.32. The average molecular weight is 175 g/mol. The molecule has 1 N–H and O–H groups in total. The van der Waals surface area contributed by atoms with E-state index in [-0.39, 0.29) is 0 Å². The Labute approximate surface area is 71.1 Å². The molecule has 1 rings (SSSR count). The summed E-state index contributed by atoms with van der Waals surface area (Å²) in [6, 6.07) is 0. The van der Waals surface area contributed by atoms with Crippen molar-refractivity contribution in [1.82, 2.24) is 4.98 Å². The lowest BCUT2D eigenvalue weighted by Crippen LogP contribution is -1.69.